The molecule has 5 heteroatoms. The predicted octanol–water partition coefficient (Wildman–Crippen LogP) is 3.54. The van der Waals surface area contributed by atoms with Crippen LogP contribution in [0.5, 0.6) is 0 Å². The van der Waals surface area contributed by atoms with Crippen LogP contribution in [0.2, 0.25) is 0 Å². The van der Waals surface area contributed by atoms with E-state index in [0.29, 0.717) is 0 Å². The number of hydrogen-bond acceptors (Lipinski definition) is 3. The van der Waals surface area contributed by atoms with Gasteiger partial charge in [-0.1, -0.05) is 18.2 Å². The molecule has 0 saturated heterocycles. The third kappa shape index (κ3) is 2.41. The molecule has 1 atom stereocenters. The van der Waals surface area contributed by atoms with Gasteiger partial charge in [0.25, 0.3) is 0 Å². The molecule has 0 saturated carbocycles. The maximum atomic E-state index is 13.3. The molecule has 0 unspecified atom stereocenters. The lowest BCUT2D eigenvalue weighted by Gasteiger charge is -2.07. The standard InChI is InChI=1S/C19H18FN3O/c1-12-3-2-4-16(21-12)19-18(13-5-7-14(20)8-6-13)17-10-9-15(11-24)23(17)22-19/h2-8,15,24H,9-11H2,1H3/t15-/m1/s1. The van der Waals surface area contributed by atoms with Crippen LogP contribution in [0.25, 0.3) is 22.5 Å². The number of hydrogen-bond donors (Lipinski definition) is 1. The number of rotatable bonds is 3. The normalized spacial score (nSPS) is 16.4. The molecule has 1 N–H and O–H groups in total. The van der Waals surface area contributed by atoms with E-state index in [9.17, 15) is 9.50 Å². The second kappa shape index (κ2) is 5.83. The number of pyridine rings is 1. The van der Waals surface area contributed by atoms with Crippen LogP contribution in [0.15, 0.2) is 42.5 Å². The molecule has 1 aromatic carbocycles. The zero-order chi connectivity index (χ0) is 16.7. The fourth-order valence-corrected chi connectivity index (χ4v) is 3.38. The first kappa shape index (κ1) is 15.0. The van der Waals surface area contributed by atoms with Crippen molar-refractivity contribution >= 4 is 0 Å². The largest absolute Gasteiger partial charge is 0.394 e. The van der Waals surface area contributed by atoms with Crippen molar-refractivity contribution in [1.29, 1.82) is 0 Å². The molecule has 4 rings (SSSR count). The number of aromatic nitrogens is 3. The Labute approximate surface area is 139 Å². The summed E-state index contributed by atoms with van der Waals surface area (Å²) in [6, 6.07) is 12.3. The van der Waals surface area contributed by atoms with Crippen LogP contribution in [-0.4, -0.2) is 26.5 Å². The Morgan fingerprint density at radius 3 is 2.71 bits per heavy atom. The third-order valence-electron chi connectivity index (χ3n) is 4.54. The van der Waals surface area contributed by atoms with Gasteiger partial charge in [-0.3, -0.25) is 9.67 Å². The molecule has 0 radical (unpaired) electrons. The smallest absolute Gasteiger partial charge is 0.123 e. The zero-order valence-corrected chi connectivity index (χ0v) is 13.4. The van der Waals surface area contributed by atoms with Crippen molar-refractivity contribution in [3.05, 3.63) is 59.7 Å². The van der Waals surface area contributed by atoms with Gasteiger partial charge in [-0.15, -0.1) is 0 Å². The quantitative estimate of drug-likeness (QED) is 0.802. The summed E-state index contributed by atoms with van der Waals surface area (Å²) in [7, 11) is 0. The summed E-state index contributed by atoms with van der Waals surface area (Å²) >= 11 is 0. The van der Waals surface area contributed by atoms with Gasteiger partial charge in [-0.2, -0.15) is 5.10 Å². The third-order valence-corrected chi connectivity index (χ3v) is 4.54. The van der Waals surface area contributed by atoms with Gasteiger partial charge in [0.15, 0.2) is 0 Å². The highest BCUT2D eigenvalue weighted by atomic mass is 19.1. The van der Waals surface area contributed by atoms with Crippen molar-refractivity contribution in [1.82, 2.24) is 14.8 Å². The van der Waals surface area contributed by atoms with E-state index in [-0.39, 0.29) is 18.5 Å². The summed E-state index contributed by atoms with van der Waals surface area (Å²) in [5.41, 5.74) is 5.51. The first-order valence-electron chi connectivity index (χ1n) is 8.09. The van der Waals surface area contributed by atoms with E-state index in [1.165, 1.54) is 12.1 Å². The zero-order valence-electron chi connectivity index (χ0n) is 13.4. The van der Waals surface area contributed by atoms with Crippen LogP contribution in [0, 0.1) is 12.7 Å². The Morgan fingerprint density at radius 2 is 2.00 bits per heavy atom. The summed E-state index contributed by atoms with van der Waals surface area (Å²) < 4.78 is 15.2. The molecule has 1 aliphatic heterocycles. The molecule has 122 valence electrons. The van der Waals surface area contributed by atoms with Crippen LogP contribution in [0.3, 0.4) is 0 Å². The fourth-order valence-electron chi connectivity index (χ4n) is 3.38. The molecule has 0 fully saturated rings. The average molecular weight is 323 g/mol. The van der Waals surface area contributed by atoms with Crippen molar-refractivity contribution in [3.63, 3.8) is 0 Å². The highest BCUT2D eigenvalue weighted by molar-refractivity contribution is 5.81. The van der Waals surface area contributed by atoms with Crippen LogP contribution >= 0.6 is 0 Å². The molecule has 3 aromatic rings. The van der Waals surface area contributed by atoms with Crippen molar-refractivity contribution in [2.24, 2.45) is 0 Å². The molecule has 24 heavy (non-hydrogen) atoms. The SMILES string of the molecule is Cc1cccc(-c2nn3c(c2-c2ccc(F)cc2)CC[C@@H]3CO)n1. The van der Waals surface area contributed by atoms with Crippen LogP contribution in [0.4, 0.5) is 4.39 Å². The Hall–Kier alpha value is -2.53. The number of nitrogens with zero attached hydrogens (tertiary/aromatic N) is 3. The molecule has 4 nitrogen and oxygen atoms in total. The average Bonchev–Trinajstić information content (AvgIpc) is 3.14. The van der Waals surface area contributed by atoms with Crippen molar-refractivity contribution < 1.29 is 9.50 Å². The van der Waals surface area contributed by atoms with Crippen molar-refractivity contribution in [3.8, 4) is 22.5 Å². The van der Waals surface area contributed by atoms with Gasteiger partial charge in [0.1, 0.15) is 11.5 Å². The number of fused-ring (bicyclic) bond motifs is 1. The maximum Gasteiger partial charge on any atom is 0.123 e. The molecule has 0 spiro atoms. The van der Waals surface area contributed by atoms with E-state index in [1.807, 2.05) is 29.8 Å². The first-order chi connectivity index (χ1) is 11.7. The van der Waals surface area contributed by atoms with Gasteiger partial charge in [0.2, 0.25) is 0 Å². The number of aliphatic hydroxyl groups excluding tert-OH is 1. The molecule has 0 amide bonds. The van der Waals surface area contributed by atoms with Gasteiger partial charge in [0, 0.05) is 17.0 Å². The minimum atomic E-state index is -0.258. The maximum absolute atomic E-state index is 13.3. The van der Waals surface area contributed by atoms with Gasteiger partial charge < -0.3 is 5.11 Å². The lowest BCUT2D eigenvalue weighted by atomic mass is 9.99. The van der Waals surface area contributed by atoms with E-state index in [4.69, 9.17) is 5.10 Å². The monoisotopic (exact) mass is 323 g/mol. The summed E-state index contributed by atoms with van der Waals surface area (Å²) in [5, 5.41) is 14.4. The molecular formula is C19H18FN3O. The van der Waals surface area contributed by atoms with E-state index >= 15 is 0 Å². The Balaban J connectivity index is 1.94. The molecule has 0 aliphatic carbocycles. The summed E-state index contributed by atoms with van der Waals surface area (Å²) in [6.07, 6.45) is 1.71. The van der Waals surface area contributed by atoms with E-state index in [2.05, 4.69) is 4.98 Å². The first-order valence-corrected chi connectivity index (χ1v) is 8.09. The van der Waals surface area contributed by atoms with Gasteiger partial charge in [0.05, 0.1) is 18.3 Å². The van der Waals surface area contributed by atoms with E-state index in [1.54, 1.807) is 12.1 Å². The topological polar surface area (TPSA) is 50.9 Å². The van der Waals surface area contributed by atoms with Gasteiger partial charge in [-0.05, 0) is 49.6 Å². The van der Waals surface area contributed by atoms with E-state index in [0.717, 1.165) is 46.7 Å². The van der Waals surface area contributed by atoms with Gasteiger partial charge >= 0.3 is 0 Å². The van der Waals surface area contributed by atoms with Crippen molar-refractivity contribution in [2.75, 3.05) is 6.61 Å². The van der Waals surface area contributed by atoms with Crippen LogP contribution < -0.4 is 0 Å². The number of aryl methyl sites for hydroxylation is 1. The van der Waals surface area contributed by atoms with Crippen molar-refractivity contribution in [2.45, 2.75) is 25.8 Å². The second-order valence-electron chi connectivity index (χ2n) is 6.16. The number of halogens is 1. The molecule has 3 heterocycles. The van der Waals surface area contributed by atoms with Crippen LogP contribution in [-0.2, 0) is 6.42 Å². The lowest BCUT2D eigenvalue weighted by molar-refractivity contribution is 0.224. The molecule has 0 bridgehead atoms. The molecular weight excluding hydrogens is 305 g/mol. The number of benzene rings is 1. The second-order valence-corrected chi connectivity index (χ2v) is 6.16. The van der Waals surface area contributed by atoms with E-state index < -0.39 is 0 Å². The minimum absolute atomic E-state index is 0.00208. The lowest BCUT2D eigenvalue weighted by Crippen LogP contribution is -2.09. The Morgan fingerprint density at radius 1 is 1.21 bits per heavy atom. The highest BCUT2D eigenvalue weighted by Crippen LogP contribution is 2.39. The fraction of sp³-hybridized carbons (Fsp3) is 0.263. The summed E-state index contributed by atoms with van der Waals surface area (Å²) in [5.74, 6) is -0.258. The summed E-state index contributed by atoms with van der Waals surface area (Å²) in [6.45, 7) is 2.01. The molecule has 1 aliphatic rings. The Kier molecular flexibility index (Phi) is 3.65. The molecule has 2 aromatic heterocycles. The van der Waals surface area contributed by atoms with Crippen LogP contribution in [0.1, 0.15) is 23.9 Å². The summed E-state index contributed by atoms with van der Waals surface area (Å²) in [4.78, 5) is 4.60. The number of aliphatic hydroxyl groups is 1. The predicted molar refractivity (Wildman–Crippen MR) is 90.0 cm³/mol. The Bertz CT molecular complexity index is 886. The highest BCUT2D eigenvalue weighted by Gasteiger charge is 2.29. The van der Waals surface area contributed by atoms with Gasteiger partial charge in [-0.25, -0.2) is 4.39 Å². The minimum Gasteiger partial charge on any atom is -0.394 e.